The number of aromatic nitrogens is 1. The third kappa shape index (κ3) is 8.46. The van der Waals surface area contributed by atoms with Gasteiger partial charge in [-0.05, 0) is 25.5 Å². The Morgan fingerprint density at radius 2 is 1.50 bits per heavy atom. The minimum atomic E-state index is 1.12. The van der Waals surface area contributed by atoms with Crippen LogP contribution in [-0.4, -0.2) is 4.98 Å². The van der Waals surface area contributed by atoms with Crippen molar-refractivity contribution in [2.45, 2.75) is 66.2 Å². The van der Waals surface area contributed by atoms with Gasteiger partial charge in [0.05, 0.1) is 0 Å². The molecule has 0 bridgehead atoms. The van der Waals surface area contributed by atoms with Crippen LogP contribution in [0.3, 0.4) is 0 Å². The van der Waals surface area contributed by atoms with Crippen LogP contribution in [0.1, 0.15) is 63.6 Å². The Balaban J connectivity index is 0.000000281. The maximum Gasteiger partial charge on any atom is 0.0401 e. The standard InChI is InChI=1S/C8H18.C7H9N/c1-3-5-7-8-6-4-2;1-6-4-3-5-8-7(6)2/h3-8H2,1-2H3;3-5H,1-2H3. The zero-order valence-electron chi connectivity index (χ0n) is 11.4. The van der Waals surface area contributed by atoms with E-state index >= 15 is 0 Å². The van der Waals surface area contributed by atoms with Crippen LogP contribution in [0.15, 0.2) is 18.3 Å². The molecule has 0 aromatic carbocycles. The highest BCUT2D eigenvalue weighted by atomic mass is 14.6. The molecule has 0 radical (unpaired) electrons. The van der Waals surface area contributed by atoms with Gasteiger partial charge in [-0.25, -0.2) is 0 Å². The maximum absolute atomic E-state index is 4.08. The summed E-state index contributed by atoms with van der Waals surface area (Å²) in [5.74, 6) is 0. The Morgan fingerprint density at radius 1 is 0.938 bits per heavy atom. The predicted molar refractivity (Wildman–Crippen MR) is 72.8 cm³/mol. The Labute approximate surface area is 101 Å². The van der Waals surface area contributed by atoms with Gasteiger partial charge in [-0.15, -0.1) is 0 Å². The van der Waals surface area contributed by atoms with E-state index in [0.29, 0.717) is 0 Å². The van der Waals surface area contributed by atoms with E-state index in [0.717, 1.165) is 5.69 Å². The van der Waals surface area contributed by atoms with Crippen molar-refractivity contribution in [2.75, 3.05) is 0 Å². The lowest BCUT2D eigenvalue weighted by Crippen LogP contribution is -1.81. The van der Waals surface area contributed by atoms with Crippen molar-refractivity contribution in [2.24, 2.45) is 0 Å². The number of hydrogen-bond donors (Lipinski definition) is 0. The average molecular weight is 221 g/mol. The molecule has 0 aliphatic heterocycles. The van der Waals surface area contributed by atoms with Crippen LogP contribution >= 0.6 is 0 Å². The molecule has 1 heteroatoms. The quantitative estimate of drug-likeness (QED) is 0.633. The highest BCUT2D eigenvalue weighted by molar-refractivity contribution is 5.15. The summed E-state index contributed by atoms with van der Waals surface area (Å²) < 4.78 is 0. The van der Waals surface area contributed by atoms with Gasteiger partial charge < -0.3 is 0 Å². The molecule has 0 saturated carbocycles. The van der Waals surface area contributed by atoms with Gasteiger partial charge in [-0.3, -0.25) is 4.98 Å². The normalized spacial score (nSPS) is 9.50. The predicted octanol–water partition coefficient (Wildman–Crippen LogP) is 5.07. The fourth-order valence-electron chi connectivity index (χ4n) is 1.42. The summed E-state index contributed by atoms with van der Waals surface area (Å²) in [5.41, 5.74) is 2.38. The van der Waals surface area contributed by atoms with Gasteiger partial charge in [0.15, 0.2) is 0 Å². The van der Waals surface area contributed by atoms with E-state index < -0.39 is 0 Å². The molecule has 0 fully saturated rings. The van der Waals surface area contributed by atoms with Crippen LogP contribution in [0.2, 0.25) is 0 Å². The Morgan fingerprint density at radius 3 is 1.81 bits per heavy atom. The summed E-state index contributed by atoms with van der Waals surface area (Å²) in [6, 6.07) is 4.00. The Bertz CT molecular complexity index is 228. The first-order valence-electron chi connectivity index (χ1n) is 6.60. The number of aryl methyl sites for hydroxylation is 2. The summed E-state index contributed by atoms with van der Waals surface area (Å²) in [6.45, 7) is 8.58. The average Bonchev–Trinajstić information content (AvgIpc) is 2.30. The minimum absolute atomic E-state index is 1.12. The van der Waals surface area contributed by atoms with Crippen molar-refractivity contribution in [3.63, 3.8) is 0 Å². The molecule has 0 atom stereocenters. The first kappa shape index (κ1) is 15.2. The van der Waals surface area contributed by atoms with Crippen LogP contribution < -0.4 is 0 Å². The minimum Gasteiger partial charge on any atom is -0.261 e. The molecule has 0 N–H and O–H groups in total. The number of rotatable bonds is 5. The molecule has 0 amide bonds. The van der Waals surface area contributed by atoms with E-state index in [2.05, 4.69) is 31.8 Å². The van der Waals surface area contributed by atoms with Gasteiger partial charge in [-0.2, -0.15) is 0 Å². The highest BCUT2D eigenvalue weighted by Gasteiger charge is 1.85. The lowest BCUT2D eigenvalue weighted by molar-refractivity contribution is 0.624. The number of nitrogens with zero attached hydrogens (tertiary/aromatic N) is 1. The second kappa shape index (κ2) is 10.7. The molecule has 1 aromatic rings. The van der Waals surface area contributed by atoms with Gasteiger partial charge in [0.25, 0.3) is 0 Å². The molecule has 0 aliphatic rings. The van der Waals surface area contributed by atoms with Gasteiger partial charge >= 0.3 is 0 Å². The van der Waals surface area contributed by atoms with Gasteiger partial charge in [0.1, 0.15) is 0 Å². The summed E-state index contributed by atoms with van der Waals surface area (Å²) >= 11 is 0. The van der Waals surface area contributed by atoms with Gasteiger partial charge in [-0.1, -0.05) is 58.4 Å². The molecule has 1 heterocycles. The van der Waals surface area contributed by atoms with E-state index in [9.17, 15) is 0 Å². The van der Waals surface area contributed by atoms with E-state index in [1.165, 1.54) is 44.1 Å². The van der Waals surface area contributed by atoms with Crippen molar-refractivity contribution in [3.05, 3.63) is 29.6 Å². The fourth-order valence-corrected chi connectivity index (χ4v) is 1.42. The van der Waals surface area contributed by atoms with E-state index in [4.69, 9.17) is 0 Å². The second-order valence-electron chi connectivity index (χ2n) is 4.32. The monoisotopic (exact) mass is 221 g/mol. The van der Waals surface area contributed by atoms with Crippen molar-refractivity contribution < 1.29 is 0 Å². The summed E-state index contributed by atoms with van der Waals surface area (Å²) in [6.07, 6.45) is 10.3. The fraction of sp³-hybridized carbons (Fsp3) is 0.667. The number of pyridine rings is 1. The first-order valence-corrected chi connectivity index (χ1v) is 6.60. The highest BCUT2D eigenvalue weighted by Crippen LogP contribution is 2.03. The first-order chi connectivity index (χ1) is 7.72. The zero-order chi connectivity index (χ0) is 12.2. The smallest absolute Gasteiger partial charge is 0.0401 e. The molecular formula is C15H27N. The third-order valence-electron chi connectivity index (χ3n) is 2.73. The topological polar surface area (TPSA) is 12.9 Å². The molecule has 16 heavy (non-hydrogen) atoms. The molecule has 0 unspecified atom stereocenters. The van der Waals surface area contributed by atoms with Gasteiger partial charge in [0.2, 0.25) is 0 Å². The van der Waals surface area contributed by atoms with E-state index in [1.807, 2.05) is 19.2 Å². The summed E-state index contributed by atoms with van der Waals surface area (Å²) in [5, 5.41) is 0. The van der Waals surface area contributed by atoms with Crippen LogP contribution in [0.4, 0.5) is 0 Å². The van der Waals surface area contributed by atoms with Crippen LogP contribution in [0.25, 0.3) is 0 Å². The number of hydrogen-bond acceptors (Lipinski definition) is 1. The van der Waals surface area contributed by atoms with Crippen LogP contribution in [0.5, 0.6) is 0 Å². The van der Waals surface area contributed by atoms with Crippen molar-refractivity contribution >= 4 is 0 Å². The molecule has 0 aliphatic carbocycles. The van der Waals surface area contributed by atoms with Crippen LogP contribution in [0, 0.1) is 13.8 Å². The van der Waals surface area contributed by atoms with Crippen molar-refractivity contribution in [3.8, 4) is 0 Å². The Hall–Kier alpha value is -0.850. The summed E-state index contributed by atoms with van der Waals surface area (Å²) in [7, 11) is 0. The molecule has 92 valence electrons. The molecule has 1 aromatic heterocycles. The molecule has 1 nitrogen and oxygen atoms in total. The molecule has 0 saturated heterocycles. The Kier molecular flexibility index (Phi) is 10.1. The van der Waals surface area contributed by atoms with E-state index in [1.54, 1.807) is 0 Å². The van der Waals surface area contributed by atoms with Crippen molar-refractivity contribution in [1.29, 1.82) is 0 Å². The lowest BCUT2D eigenvalue weighted by atomic mass is 10.1. The van der Waals surface area contributed by atoms with Crippen LogP contribution in [-0.2, 0) is 0 Å². The molecule has 1 rings (SSSR count). The third-order valence-corrected chi connectivity index (χ3v) is 2.73. The lowest BCUT2D eigenvalue weighted by Gasteiger charge is -1.93. The zero-order valence-corrected chi connectivity index (χ0v) is 11.4. The van der Waals surface area contributed by atoms with Gasteiger partial charge in [0, 0.05) is 11.9 Å². The number of unbranched alkanes of at least 4 members (excludes halogenated alkanes) is 5. The molecule has 0 spiro atoms. The SMILES string of the molecule is CCCCCCCC.Cc1cccnc1C. The summed E-state index contributed by atoms with van der Waals surface area (Å²) in [4.78, 5) is 4.08. The van der Waals surface area contributed by atoms with Crippen molar-refractivity contribution in [1.82, 2.24) is 4.98 Å². The largest absolute Gasteiger partial charge is 0.261 e. The molecular weight excluding hydrogens is 194 g/mol. The second-order valence-corrected chi connectivity index (χ2v) is 4.32. The maximum atomic E-state index is 4.08. The van der Waals surface area contributed by atoms with E-state index in [-0.39, 0.29) is 0 Å².